The summed E-state index contributed by atoms with van der Waals surface area (Å²) in [5, 5.41) is 0. The predicted molar refractivity (Wildman–Crippen MR) is 70.6 cm³/mol. The zero-order valence-corrected chi connectivity index (χ0v) is 11.3. The van der Waals surface area contributed by atoms with E-state index in [9.17, 15) is 0 Å². The third kappa shape index (κ3) is 4.40. The number of rotatable bonds is 7. The number of hydrogen-bond donors (Lipinski definition) is 1. The van der Waals surface area contributed by atoms with E-state index in [0.717, 1.165) is 19.5 Å². The van der Waals surface area contributed by atoms with Crippen LogP contribution in [0, 0.1) is 5.41 Å². The fourth-order valence-corrected chi connectivity index (χ4v) is 2.37. The molecule has 1 saturated heterocycles. The summed E-state index contributed by atoms with van der Waals surface area (Å²) >= 11 is 0. The maximum Gasteiger partial charge on any atom is 0.0109 e. The van der Waals surface area contributed by atoms with E-state index >= 15 is 0 Å². The summed E-state index contributed by atoms with van der Waals surface area (Å²) in [5.41, 5.74) is 6.14. The maximum absolute atomic E-state index is 5.85. The van der Waals surface area contributed by atoms with Crippen molar-refractivity contribution in [3.05, 3.63) is 0 Å². The molecule has 0 spiro atoms. The maximum atomic E-state index is 5.85. The summed E-state index contributed by atoms with van der Waals surface area (Å²) in [4.78, 5) is 5.01. The summed E-state index contributed by atoms with van der Waals surface area (Å²) in [6, 6.07) is 0. The highest BCUT2D eigenvalue weighted by Gasteiger charge is 2.22. The molecule has 96 valence electrons. The van der Waals surface area contributed by atoms with Gasteiger partial charge in [-0.15, -0.1) is 0 Å². The van der Waals surface area contributed by atoms with Crippen molar-refractivity contribution in [1.82, 2.24) is 9.80 Å². The number of likely N-dealkylation sites (N-methyl/N-ethyl adjacent to an activating group) is 1. The van der Waals surface area contributed by atoms with E-state index < -0.39 is 0 Å². The average molecular weight is 227 g/mol. The standard InChI is InChI=1S/C13H29N3/c1-4-13(2,11-14)12-15(3)9-10-16-7-5-6-8-16/h4-12,14H2,1-3H3. The molecule has 2 N–H and O–H groups in total. The Labute approximate surface area is 101 Å². The molecule has 0 radical (unpaired) electrons. The third-order valence-corrected chi connectivity index (χ3v) is 3.99. The molecule has 3 heteroatoms. The van der Waals surface area contributed by atoms with Crippen LogP contribution >= 0.6 is 0 Å². The van der Waals surface area contributed by atoms with Crippen LogP contribution in [0.4, 0.5) is 0 Å². The van der Waals surface area contributed by atoms with Gasteiger partial charge >= 0.3 is 0 Å². The van der Waals surface area contributed by atoms with E-state index in [-0.39, 0.29) is 0 Å². The second-order valence-electron chi connectivity index (χ2n) is 5.65. The molecular formula is C13H29N3. The van der Waals surface area contributed by atoms with Gasteiger partial charge in [0.05, 0.1) is 0 Å². The van der Waals surface area contributed by atoms with Crippen LogP contribution in [0.1, 0.15) is 33.1 Å². The van der Waals surface area contributed by atoms with Crippen molar-refractivity contribution in [2.24, 2.45) is 11.1 Å². The first-order valence-electron chi connectivity index (χ1n) is 6.70. The summed E-state index contributed by atoms with van der Waals surface area (Å²) in [7, 11) is 2.22. The molecule has 0 bridgehead atoms. The van der Waals surface area contributed by atoms with Crippen molar-refractivity contribution < 1.29 is 0 Å². The zero-order valence-electron chi connectivity index (χ0n) is 11.3. The highest BCUT2D eigenvalue weighted by atomic mass is 15.2. The lowest BCUT2D eigenvalue weighted by Gasteiger charge is -2.32. The van der Waals surface area contributed by atoms with Crippen molar-refractivity contribution in [2.75, 3.05) is 46.3 Å². The minimum atomic E-state index is 0.291. The summed E-state index contributed by atoms with van der Waals surface area (Å²) in [6.45, 7) is 11.4. The minimum absolute atomic E-state index is 0.291. The molecule has 1 aliphatic heterocycles. The first kappa shape index (κ1) is 13.9. The highest BCUT2D eigenvalue weighted by Crippen LogP contribution is 2.20. The van der Waals surface area contributed by atoms with E-state index in [1.54, 1.807) is 0 Å². The molecule has 0 aromatic heterocycles. The smallest absolute Gasteiger partial charge is 0.0109 e. The normalized spacial score (nSPS) is 21.6. The Morgan fingerprint density at radius 1 is 1.31 bits per heavy atom. The fraction of sp³-hybridized carbons (Fsp3) is 1.00. The van der Waals surface area contributed by atoms with E-state index in [1.165, 1.54) is 39.0 Å². The molecule has 1 unspecified atom stereocenters. The Kier molecular flexibility index (Phi) is 5.73. The SMILES string of the molecule is CCC(C)(CN)CN(C)CCN1CCCC1. The van der Waals surface area contributed by atoms with Crippen LogP contribution in [-0.4, -0.2) is 56.1 Å². The summed E-state index contributed by atoms with van der Waals surface area (Å²) in [6.07, 6.45) is 3.94. The molecular weight excluding hydrogens is 198 g/mol. The van der Waals surface area contributed by atoms with Crippen molar-refractivity contribution in [2.45, 2.75) is 33.1 Å². The van der Waals surface area contributed by atoms with Gasteiger partial charge in [0, 0.05) is 19.6 Å². The topological polar surface area (TPSA) is 32.5 Å². The largest absolute Gasteiger partial charge is 0.330 e. The van der Waals surface area contributed by atoms with Crippen LogP contribution in [-0.2, 0) is 0 Å². The molecule has 1 atom stereocenters. The molecule has 0 aromatic carbocycles. The van der Waals surface area contributed by atoms with Crippen LogP contribution in [0.15, 0.2) is 0 Å². The van der Waals surface area contributed by atoms with Crippen LogP contribution in [0.25, 0.3) is 0 Å². The predicted octanol–water partition coefficient (Wildman–Crippen LogP) is 1.39. The Morgan fingerprint density at radius 3 is 2.44 bits per heavy atom. The van der Waals surface area contributed by atoms with Gasteiger partial charge in [-0.05, 0) is 51.4 Å². The first-order chi connectivity index (χ1) is 7.59. The molecule has 3 nitrogen and oxygen atoms in total. The number of nitrogens with zero attached hydrogens (tertiary/aromatic N) is 2. The van der Waals surface area contributed by atoms with E-state index in [2.05, 4.69) is 30.7 Å². The van der Waals surface area contributed by atoms with Crippen LogP contribution in [0.5, 0.6) is 0 Å². The van der Waals surface area contributed by atoms with Crippen LogP contribution in [0.2, 0.25) is 0 Å². The fourth-order valence-electron chi connectivity index (χ4n) is 2.37. The monoisotopic (exact) mass is 227 g/mol. The first-order valence-corrected chi connectivity index (χ1v) is 6.70. The Hall–Kier alpha value is -0.120. The Morgan fingerprint density at radius 2 is 1.94 bits per heavy atom. The van der Waals surface area contributed by atoms with Crippen LogP contribution in [0.3, 0.4) is 0 Å². The molecule has 1 aliphatic rings. The van der Waals surface area contributed by atoms with Crippen LogP contribution < -0.4 is 5.73 Å². The lowest BCUT2D eigenvalue weighted by molar-refractivity contribution is 0.174. The van der Waals surface area contributed by atoms with Crippen molar-refractivity contribution in [1.29, 1.82) is 0 Å². The number of hydrogen-bond acceptors (Lipinski definition) is 3. The molecule has 1 heterocycles. The van der Waals surface area contributed by atoms with E-state index in [4.69, 9.17) is 5.73 Å². The van der Waals surface area contributed by atoms with E-state index in [0.29, 0.717) is 5.41 Å². The van der Waals surface area contributed by atoms with Gasteiger partial charge in [0.1, 0.15) is 0 Å². The Bertz CT molecular complexity index is 184. The van der Waals surface area contributed by atoms with Gasteiger partial charge in [-0.1, -0.05) is 13.8 Å². The summed E-state index contributed by atoms with van der Waals surface area (Å²) in [5.74, 6) is 0. The van der Waals surface area contributed by atoms with Gasteiger partial charge in [0.25, 0.3) is 0 Å². The third-order valence-electron chi connectivity index (χ3n) is 3.99. The number of nitrogens with two attached hydrogens (primary N) is 1. The van der Waals surface area contributed by atoms with Gasteiger partial charge < -0.3 is 15.5 Å². The van der Waals surface area contributed by atoms with Crippen molar-refractivity contribution >= 4 is 0 Å². The van der Waals surface area contributed by atoms with Gasteiger partial charge in [0.2, 0.25) is 0 Å². The van der Waals surface area contributed by atoms with Gasteiger partial charge in [-0.2, -0.15) is 0 Å². The molecule has 0 aromatic rings. The highest BCUT2D eigenvalue weighted by molar-refractivity contribution is 4.77. The van der Waals surface area contributed by atoms with Gasteiger partial charge in [-0.3, -0.25) is 0 Å². The molecule has 0 amide bonds. The van der Waals surface area contributed by atoms with Gasteiger partial charge in [-0.25, -0.2) is 0 Å². The molecule has 0 saturated carbocycles. The molecule has 16 heavy (non-hydrogen) atoms. The van der Waals surface area contributed by atoms with E-state index in [1.807, 2.05) is 0 Å². The Balaban J connectivity index is 2.21. The lowest BCUT2D eigenvalue weighted by Crippen LogP contribution is -2.41. The quantitative estimate of drug-likeness (QED) is 0.713. The number of likely N-dealkylation sites (tertiary alicyclic amines) is 1. The molecule has 0 aliphatic carbocycles. The van der Waals surface area contributed by atoms with Crippen molar-refractivity contribution in [3.63, 3.8) is 0 Å². The second kappa shape index (κ2) is 6.58. The molecule has 1 rings (SSSR count). The van der Waals surface area contributed by atoms with Gasteiger partial charge in [0.15, 0.2) is 0 Å². The van der Waals surface area contributed by atoms with Crippen molar-refractivity contribution in [3.8, 4) is 0 Å². The summed E-state index contributed by atoms with van der Waals surface area (Å²) < 4.78 is 0. The second-order valence-corrected chi connectivity index (χ2v) is 5.65. The lowest BCUT2D eigenvalue weighted by atomic mass is 9.87. The molecule has 1 fully saturated rings. The average Bonchev–Trinajstić information content (AvgIpc) is 2.79. The zero-order chi connectivity index (χ0) is 12.0. The minimum Gasteiger partial charge on any atom is -0.330 e.